The van der Waals surface area contributed by atoms with Crippen molar-refractivity contribution >= 4 is 17.3 Å². The van der Waals surface area contributed by atoms with Crippen molar-refractivity contribution in [2.24, 2.45) is 0 Å². The lowest BCUT2D eigenvalue weighted by Gasteiger charge is -2.14. The zero-order valence-corrected chi connectivity index (χ0v) is 11.5. The van der Waals surface area contributed by atoms with Gasteiger partial charge < -0.3 is 5.32 Å². The summed E-state index contributed by atoms with van der Waals surface area (Å²) in [6, 6.07) is -0.291. The molecule has 0 radical (unpaired) electrons. The minimum absolute atomic E-state index is 0.0475. The number of hydrogen-bond acceptors (Lipinski definition) is 6. The zero-order chi connectivity index (χ0) is 14.0. The van der Waals surface area contributed by atoms with Gasteiger partial charge in [0.2, 0.25) is 0 Å². The number of nitrogens with one attached hydrogen (secondary N) is 2. The van der Waals surface area contributed by atoms with Gasteiger partial charge in [0, 0.05) is 0 Å². The molecule has 0 spiro atoms. The molecule has 0 saturated heterocycles. The molecule has 2 heterocycles. The van der Waals surface area contributed by atoms with Crippen LogP contribution in [0.1, 0.15) is 38.7 Å². The second-order valence-electron chi connectivity index (χ2n) is 4.35. The molecule has 1 unspecified atom stereocenters. The number of rotatable bonds is 4. The molecule has 102 valence electrons. The Morgan fingerprint density at radius 1 is 1.42 bits per heavy atom. The maximum atomic E-state index is 12.0. The van der Waals surface area contributed by atoms with Crippen molar-refractivity contribution < 1.29 is 0 Å². The van der Waals surface area contributed by atoms with Gasteiger partial charge in [-0.1, -0.05) is 16.8 Å². The highest BCUT2D eigenvalue weighted by molar-refractivity contribution is 6.32. The number of nitrogens with zero attached hydrogens (tertiary/aromatic N) is 5. The van der Waals surface area contributed by atoms with E-state index in [1.165, 1.54) is 10.9 Å². The molecular weight excluding hydrogens is 270 g/mol. The molecule has 0 bridgehead atoms. The van der Waals surface area contributed by atoms with Crippen LogP contribution in [0.3, 0.4) is 0 Å². The van der Waals surface area contributed by atoms with Gasteiger partial charge in [-0.2, -0.15) is 10.3 Å². The van der Waals surface area contributed by atoms with E-state index in [0.717, 1.165) is 0 Å². The quantitative estimate of drug-likeness (QED) is 0.873. The second-order valence-corrected chi connectivity index (χ2v) is 4.73. The summed E-state index contributed by atoms with van der Waals surface area (Å²) >= 11 is 6.05. The normalized spacial score (nSPS) is 12.7. The lowest BCUT2D eigenvalue weighted by atomic mass is 10.3. The predicted molar refractivity (Wildman–Crippen MR) is 70.1 cm³/mol. The number of tetrazole rings is 1. The van der Waals surface area contributed by atoms with Gasteiger partial charge in [0.05, 0.1) is 24.0 Å². The monoisotopic (exact) mass is 283 g/mol. The maximum absolute atomic E-state index is 12.0. The van der Waals surface area contributed by atoms with Gasteiger partial charge >= 0.3 is 0 Å². The number of aromatic amines is 1. The topological polar surface area (TPSA) is 101 Å². The van der Waals surface area contributed by atoms with E-state index in [1.807, 2.05) is 20.8 Å². The maximum Gasteiger partial charge on any atom is 0.287 e. The Bertz CT molecular complexity index is 607. The van der Waals surface area contributed by atoms with E-state index in [-0.39, 0.29) is 22.7 Å². The van der Waals surface area contributed by atoms with Crippen LogP contribution in [0, 0.1) is 0 Å². The molecule has 0 saturated carbocycles. The van der Waals surface area contributed by atoms with Crippen molar-refractivity contribution in [1.82, 2.24) is 30.4 Å². The molecule has 0 aliphatic heterocycles. The highest BCUT2D eigenvalue weighted by atomic mass is 35.5. The van der Waals surface area contributed by atoms with E-state index >= 15 is 0 Å². The van der Waals surface area contributed by atoms with Gasteiger partial charge in [0.1, 0.15) is 5.02 Å². The van der Waals surface area contributed by atoms with Crippen molar-refractivity contribution in [2.75, 3.05) is 5.32 Å². The van der Waals surface area contributed by atoms with E-state index in [0.29, 0.717) is 11.5 Å². The summed E-state index contributed by atoms with van der Waals surface area (Å²) in [4.78, 5) is 12.0. The van der Waals surface area contributed by atoms with Crippen LogP contribution in [0.15, 0.2) is 11.0 Å². The third kappa shape index (κ3) is 2.73. The number of aromatic nitrogens is 6. The van der Waals surface area contributed by atoms with Crippen LogP contribution in [0.4, 0.5) is 5.69 Å². The molecule has 0 aliphatic carbocycles. The Hall–Kier alpha value is -1.96. The number of H-pyrrole nitrogens is 1. The molecular formula is C10H14ClN7O. The number of hydrogen-bond donors (Lipinski definition) is 2. The van der Waals surface area contributed by atoms with Crippen molar-refractivity contribution in [3.63, 3.8) is 0 Å². The van der Waals surface area contributed by atoms with Crippen LogP contribution in [-0.4, -0.2) is 30.4 Å². The first-order valence-electron chi connectivity index (χ1n) is 5.78. The van der Waals surface area contributed by atoms with Gasteiger partial charge in [-0.3, -0.25) is 4.79 Å². The molecule has 9 heteroatoms. The summed E-state index contributed by atoms with van der Waals surface area (Å²) in [6.45, 7) is 5.55. The summed E-state index contributed by atoms with van der Waals surface area (Å²) in [5, 5.41) is 20.7. The molecule has 8 nitrogen and oxygen atoms in total. The lowest BCUT2D eigenvalue weighted by molar-refractivity contribution is 0.503. The minimum Gasteiger partial charge on any atom is -0.373 e. The summed E-state index contributed by atoms with van der Waals surface area (Å²) in [5.74, 6) is 0.476. The van der Waals surface area contributed by atoms with Gasteiger partial charge in [0.25, 0.3) is 5.56 Å². The summed E-state index contributed by atoms with van der Waals surface area (Å²) < 4.78 is 1.33. The van der Waals surface area contributed by atoms with Crippen molar-refractivity contribution in [1.29, 1.82) is 0 Å². The zero-order valence-electron chi connectivity index (χ0n) is 10.8. The molecule has 2 aromatic heterocycles. The van der Waals surface area contributed by atoms with E-state index in [9.17, 15) is 4.79 Å². The van der Waals surface area contributed by atoms with Crippen molar-refractivity contribution in [3.8, 4) is 0 Å². The van der Waals surface area contributed by atoms with Gasteiger partial charge in [-0.15, -0.1) is 10.2 Å². The SMILES string of the molecule is CC(Nc1cnn(C(C)C)c(=O)c1Cl)c1nn[nH]n1. The molecule has 0 aromatic carbocycles. The molecule has 0 amide bonds. The first-order chi connectivity index (χ1) is 9.00. The molecule has 19 heavy (non-hydrogen) atoms. The predicted octanol–water partition coefficient (Wildman–Crippen LogP) is 1.16. The highest BCUT2D eigenvalue weighted by Gasteiger charge is 2.15. The lowest BCUT2D eigenvalue weighted by Crippen LogP contribution is -2.26. The Balaban J connectivity index is 2.27. The van der Waals surface area contributed by atoms with Crippen LogP contribution in [-0.2, 0) is 0 Å². The average molecular weight is 284 g/mol. The molecule has 2 aromatic rings. The third-order valence-electron chi connectivity index (χ3n) is 2.55. The van der Waals surface area contributed by atoms with E-state index < -0.39 is 0 Å². The molecule has 0 aliphatic rings. The van der Waals surface area contributed by atoms with Gasteiger partial charge in [-0.25, -0.2) is 4.68 Å². The Morgan fingerprint density at radius 2 is 2.16 bits per heavy atom. The van der Waals surface area contributed by atoms with Crippen LogP contribution >= 0.6 is 11.6 Å². The molecule has 2 rings (SSSR count). The average Bonchev–Trinajstić information content (AvgIpc) is 2.88. The fraction of sp³-hybridized carbons (Fsp3) is 0.500. The Labute approximate surface area is 114 Å². The van der Waals surface area contributed by atoms with E-state index in [1.54, 1.807) is 0 Å². The summed E-state index contributed by atoms with van der Waals surface area (Å²) in [5.41, 5.74) is 0.114. The third-order valence-corrected chi connectivity index (χ3v) is 2.92. The second kappa shape index (κ2) is 5.35. The van der Waals surface area contributed by atoms with Gasteiger partial charge in [-0.05, 0) is 20.8 Å². The van der Waals surface area contributed by atoms with Crippen LogP contribution in [0.2, 0.25) is 5.02 Å². The molecule has 1 atom stereocenters. The Morgan fingerprint density at radius 3 is 2.74 bits per heavy atom. The first kappa shape index (κ1) is 13.5. The Kier molecular flexibility index (Phi) is 3.79. The fourth-order valence-corrected chi connectivity index (χ4v) is 1.75. The molecule has 2 N–H and O–H groups in total. The number of anilines is 1. The van der Waals surface area contributed by atoms with E-state index in [4.69, 9.17) is 11.6 Å². The summed E-state index contributed by atoms with van der Waals surface area (Å²) in [7, 11) is 0. The van der Waals surface area contributed by atoms with Crippen LogP contribution < -0.4 is 10.9 Å². The first-order valence-corrected chi connectivity index (χ1v) is 6.15. The van der Waals surface area contributed by atoms with E-state index in [2.05, 4.69) is 31.0 Å². The standard InChI is InChI=1S/C10H14ClN7O/c1-5(2)18-10(19)8(11)7(4-12-18)13-6(3)9-14-16-17-15-9/h4-6,13H,1-3H3,(H,14,15,16,17). The summed E-state index contributed by atoms with van der Waals surface area (Å²) in [6.07, 6.45) is 1.51. The highest BCUT2D eigenvalue weighted by Crippen LogP contribution is 2.21. The fourth-order valence-electron chi connectivity index (χ4n) is 1.56. The van der Waals surface area contributed by atoms with Crippen LogP contribution in [0.5, 0.6) is 0 Å². The largest absolute Gasteiger partial charge is 0.373 e. The van der Waals surface area contributed by atoms with Crippen LogP contribution in [0.25, 0.3) is 0 Å². The molecule has 0 fully saturated rings. The number of halogens is 1. The van der Waals surface area contributed by atoms with Crippen molar-refractivity contribution in [3.05, 3.63) is 27.4 Å². The minimum atomic E-state index is -0.332. The smallest absolute Gasteiger partial charge is 0.287 e. The van der Waals surface area contributed by atoms with Gasteiger partial charge in [0.15, 0.2) is 5.82 Å². The van der Waals surface area contributed by atoms with Crippen molar-refractivity contribution in [2.45, 2.75) is 32.9 Å².